The maximum absolute atomic E-state index is 14.1. The van der Waals surface area contributed by atoms with Crippen LogP contribution in [0.2, 0.25) is 0 Å². The molecule has 0 saturated carbocycles. The van der Waals surface area contributed by atoms with Crippen molar-refractivity contribution >= 4 is 0 Å². The number of benzene rings is 2. The third-order valence-electron chi connectivity index (χ3n) is 4.72. The average molecular weight is 605 g/mol. The summed E-state index contributed by atoms with van der Waals surface area (Å²) in [5, 5.41) is 0. The fraction of sp³-hybridized carbons (Fsp3) is 0.130. The van der Waals surface area contributed by atoms with Crippen molar-refractivity contribution < 1.29 is 43.0 Å². The molecule has 31 heavy (non-hydrogen) atoms. The van der Waals surface area contributed by atoms with Gasteiger partial charge in [-0.15, -0.1) is 24.3 Å². The van der Waals surface area contributed by atoms with Gasteiger partial charge in [-0.05, 0) is 25.6 Å². The Kier molecular flexibility index (Phi) is 6.46. The first-order valence-electron chi connectivity index (χ1n) is 8.93. The van der Waals surface area contributed by atoms with Crippen molar-refractivity contribution in [2.24, 2.45) is 0 Å². The molecule has 0 N–H and O–H groups in total. The third kappa shape index (κ3) is 4.47. The van der Waals surface area contributed by atoms with E-state index in [0.29, 0.717) is 11.4 Å². The van der Waals surface area contributed by atoms with Gasteiger partial charge in [0.2, 0.25) is 0 Å². The molecule has 2 aromatic heterocycles. The number of halogens is 4. The van der Waals surface area contributed by atoms with Crippen LogP contribution in [0.15, 0.2) is 53.1 Å². The van der Waals surface area contributed by atoms with E-state index in [1.54, 1.807) is 18.2 Å². The zero-order valence-electron chi connectivity index (χ0n) is 16.2. The van der Waals surface area contributed by atoms with Crippen LogP contribution in [-0.2, 0) is 26.5 Å². The Morgan fingerprint density at radius 3 is 2.06 bits per heavy atom. The normalized spacial score (nSPS) is 11.3. The molecule has 0 aliphatic heterocycles. The van der Waals surface area contributed by atoms with Crippen LogP contribution in [-0.4, -0.2) is 9.97 Å². The standard InChI is InChI=1S/C23H14F4N2O.Pt/c1-23(2,21-12-30-22(29-21)16-9-7-14(25)11-18(16)27)20-5-3-4-19(28-20)15-8-6-13(24)10-17(15)26;/h3-7,10-12H,1-2H3;/q-2;+2. The molecule has 0 aliphatic rings. The van der Waals surface area contributed by atoms with E-state index in [2.05, 4.69) is 22.1 Å². The number of nitrogens with zero attached hydrogens (tertiary/aromatic N) is 2. The van der Waals surface area contributed by atoms with Crippen LogP contribution in [0.5, 0.6) is 0 Å². The van der Waals surface area contributed by atoms with E-state index in [-0.39, 0.29) is 43.8 Å². The van der Waals surface area contributed by atoms with Crippen LogP contribution in [0.4, 0.5) is 17.6 Å². The van der Waals surface area contributed by atoms with Crippen LogP contribution in [0.25, 0.3) is 22.7 Å². The molecule has 0 radical (unpaired) electrons. The largest absolute Gasteiger partial charge is 2.00 e. The number of hydrogen-bond acceptors (Lipinski definition) is 3. The van der Waals surface area contributed by atoms with Crippen molar-refractivity contribution in [3.63, 3.8) is 0 Å². The molecule has 8 heteroatoms. The molecule has 0 fully saturated rings. The quantitative estimate of drug-likeness (QED) is 0.216. The minimum absolute atomic E-state index is 0. The summed E-state index contributed by atoms with van der Waals surface area (Å²) in [6, 6.07) is 13.5. The smallest absolute Gasteiger partial charge is 0.488 e. The molecule has 0 spiro atoms. The summed E-state index contributed by atoms with van der Waals surface area (Å²) < 4.78 is 59.9. The number of aromatic nitrogens is 2. The van der Waals surface area contributed by atoms with E-state index in [9.17, 15) is 17.6 Å². The first-order chi connectivity index (χ1) is 14.3. The van der Waals surface area contributed by atoms with Gasteiger partial charge >= 0.3 is 21.1 Å². The number of oxazole rings is 1. The molecule has 3 nitrogen and oxygen atoms in total. The second-order valence-corrected chi connectivity index (χ2v) is 7.15. The molecule has 0 amide bonds. The summed E-state index contributed by atoms with van der Waals surface area (Å²) in [5.41, 5.74) is 0.384. The minimum atomic E-state index is -0.844. The molecule has 2 aromatic carbocycles. The van der Waals surface area contributed by atoms with Crippen LogP contribution in [0, 0.1) is 35.4 Å². The summed E-state index contributed by atoms with van der Waals surface area (Å²) in [6.45, 7) is 3.63. The van der Waals surface area contributed by atoms with E-state index in [4.69, 9.17) is 4.42 Å². The van der Waals surface area contributed by atoms with Crippen LogP contribution in [0.1, 0.15) is 25.2 Å². The molecule has 0 bridgehead atoms. The first-order valence-corrected chi connectivity index (χ1v) is 8.93. The van der Waals surface area contributed by atoms with Gasteiger partial charge in [0.15, 0.2) is 0 Å². The van der Waals surface area contributed by atoms with Gasteiger partial charge in [-0.2, -0.15) is 0 Å². The van der Waals surface area contributed by atoms with Gasteiger partial charge < -0.3 is 9.40 Å². The molecular formula is C23H14F4N2OPt. The molecule has 0 saturated heterocycles. The molecule has 0 aliphatic carbocycles. The summed E-state index contributed by atoms with van der Waals surface area (Å²) in [6.07, 6.45) is 1.35. The zero-order valence-corrected chi connectivity index (χ0v) is 18.5. The summed E-state index contributed by atoms with van der Waals surface area (Å²) >= 11 is 0. The summed E-state index contributed by atoms with van der Waals surface area (Å²) in [4.78, 5) is 8.80. The Morgan fingerprint density at radius 2 is 1.45 bits per heavy atom. The molecular weight excluding hydrogens is 591 g/mol. The Labute approximate surface area is 190 Å². The molecule has 4 aromatic rings. The van der Waals surface area contributed by atoms with Gasteiger partial charge in [0.05, 0.1) is 11.1 Å². The number of pyridine rings is 1. The van der Waals surface area contributed by atoms with E-state index in [1.807, 2.05) is 13.8 Å². The van der Waals surface area contributed by atoms with Crippen molar-refractivity contribution in [2.75, 3.05) is 0 Å². The predicted molar refractivity (Wildman–Crippen MR) is 101 cm³/mol. The Balaban J connectivity index is 0.00000272. The van der Waals surface area contributed by atoms with Gasteiger partial charge in [-0.1, -0.05) is 35.4 Å². The van der Waals surface area contributed by atoms with Gasteiger partial charge in [0, 0.05) is 29.0 Å². The fourth-order valence-corrected chi connectivity index (χ4v) is 2.98. The van der Waals surface area contributed by atoms with Crippen LogP contribution >= 0.6 is 0 Å². The first kappa shape index (κ1) is 22.9. The van der Waals surface area contributed by atoms with Crippen molar-refractivity contribution in [2.45, 2.75) is 19.3 Å². The van der Waals surface area contributed by atoms with Gasteiger partial charge in [0.1, 0.15) is 12.2 Å². The van der Waals surface area contributed by atoms with Crippen molar-refractivity contribution in [3.8, 4) is 22.7 Å². The second-order valence-electron chi connectivity index (χ2n) is 7.15. The predicted octanol–water partition coefficient (Wildman–Crippen LogP) is 5.88. The molecule has 160 valence electrons. The van der Waals surface area contributed by atoms with Crippen molar-refractivity contribution in [1.82, 2.24) is 9.97 Å². The maximum atomic E-state index is 14.1. The average Bonchev–Trinajstić information content (AvgIpc) is 3.19. The van der Waals surface area contributed by atoms with Crippen LogP contribution in [0.3, 0.4) is 0 Å². The van der Waals surface area contributed by atoms with Crippen LogP contribution < -0.4 is 0 Å². The monoisotopic (exact) mass is 605 g/mol. The Bertz CT molecular complexity index is 1240. The molecule has 4 rings (SSSR count). The topological polar surface area (TPSA) is 38.9 Å². The second kappa shape index (κ2) is 8.75. The maximum Gasteiger partial charge on any atom is 2.00 e. The third-order valence-corrected chi connectivity index (χ3v) is 4.72. The van der Waals surface area contributed by atoms with E-state index in [1.165, 1.54) is 6.26 Å². The van der Waals surface area contributed by atoms with E-state index < -0.39 is 28.7 Å². The van der Waals surface area contributed by atoms with Gasteiger partial charge in [-0.25, -0.2) is 0 Å². The molecule has 2 heterocycles. The minimum Gasteiger partial charge on any atom is -0.488 e. The van der Waals surface area contributed by atoms with Crippen molar-refractivity contribution in [3.05, 3.63) is 95.5 Å². The summed E-state index contributed by atoms with van der Waals surface area (Å²) in [5.74, 6) is -3.15. The van der Waals surface area contributed by atoms with Gasteiger partial charge in [-0.3, -0.25) is 22.5 Å². The fourth-order valence-electron chi connectivity index (χ4n) is 2.98. The molecule has 0 unspecified atom stereocenters. The number of hydrogen-bond donors (Lipinski definition) is 0. The van der Waals surface area contributed by atoms with Gasteiger partial charge in [0.25, 0.3) is 0 Å². The van der Waals surface area contributed by atoms with E-state index in [0.717, 1.165) is 24.3 Å². The molecule has 0 atom stereocenters. The van der Waals surface area contributed by atoms with E-state index >= 15 is 0 Å². The van der Waals surface area contributed by atoms with Crippen molar-refractivity contribution in [1.29, 1.82) is 0 Å². The number of rotatable bonds is 4. The summed E-state index contributed by atoms with van der Waals surface area (Å²) in [7, 11) is 0. The SMILES string of the molecule is CC(C)(c1cccc(-c2[c-]cc(F)cc2F)n1)c1coc(-c2[c-]cc(F)cc2F)n1.[Pt+2]. The Hall–Kier alpha value is -2.79. The Morgan fingerprint density at radius 1 is 0.839 bits per heavy atom. The zero-order chi connectivity index (χ0) is 21.5.